The van der Waals surface area contributed by atoms with Crippen molar-refractivity contribution >= 4 is 21.4 Å². The number of phenolic OH excluding ortho intramolecular Hbond substituents is 2. The summed E-state index contributed by atoms with van der Waals surface area (Å²) in [7, 11) is -3.77. The number of aromatic hydroxyl groups is 2. The smallest absolute Gasteiger partial charge is 0.259 e. The zero-order chi connectivity index (χ0) is 26.7. The van der Waals surface area contributed by atoms with Gasteiger partial charge in [-0.25, -0.2) is 8.42 Å². The summed E-state index contributed by atoms with van der Waals surface area (Å²) >= 11 is 0. The molecule has 0 heterocycles. The lowest BCUT2D eigenvalue weighted by Gasteiger charge is -2.17. The van der Waals surface area contributed by atoms with E-state index in [4.69, 9.17) is 0 Å². The molecule has 0 unspecified atom stereocenters. The SMILES string of the molecule is Cc1c(O)c(Cc2ccccc2C(C)C)cc(C(=O)Nc2cccc(S(=O)(=O)c3ccccc3)c2)c1O. The van der Waals surface area contributed by atoms with Crippen molar-refractivity contribution in [3.63, 3.8) is 0 Å². The highest BCUT2D eigenvalue weighted by Crippen LogP contribution is 2.36. The van der Waals surface area contributed by atoms with Gasteiger partial charge in [-0.1, -0.05) is 62.4 Å². The molecule has 0 bridgehead atoms. The molecule has 7 heteroatoms. The molecule has 37 heavy (non-hydrogen) atoms. The Morgan fingerprint density at radius 1 is 0.811 bits per heavy atom. The normalized spacial score (nSPS) is 11.5. The van der Waals surface area contributed by atoms with E-state index in [9.17, 15) is 23.4 Å². The fourth-order valence-corrected chi connectivity index (χ4v) is 5.64. The number of rotatable bonds is 7. The highest BCUT2D eigenvalue weighted by atomic mass is 32.2. The van der Waals surface area contributed by atoms with E-state index in [1.807, 2.05) is 24.3 Å². The Bertz CT molecular complexity index is 1560. The molecule has 0 fully saturated rings. The molecule has 0 atom stereocenters. The maximum Gasteiger partial charge on any atom is 0.259 e. The van der Waals surface area contributed by atoms with Gasteiger partial charge in [-0.15, -0.1) is 0 Å². The third-order valence-electron chi connectivity index (χ3n) is 6.35. The first kappa shape index (κ1) is 26.0. The van der Waals surface area contributed by atoms with Crippen LogP contribution in [0.2, 0.25) is 0 Å². The molecular weight excluding hydrogens is 486 g/mol. The molecule has 0 aliphatic rings. The quantitative estimate of drug-likeness (QED) is 0.272. The van der Waals surface area contributed by atoms with Crippen LogP contribution in [0.3, 0.4) is 0 Å². The van der Waals surface area contributed by atoms with Gasteiger partial charge < -0.3 is 15.5 Å². The van der Waals surface area contributed by atoms with Crippen molar-refractivity contribution in [1.29, 1.82) is 0 Å². The molecule has 0 saturated carbocycles. The van der Waals surface area contributed by atoms with E-state index in [0.717, 1.165) is 11.1 Å². The first-order valence-electron chi connectivity index (χ1n) is 11.9. The average Bonchev–Trinajstić information content (AvgIpc) is 2.89. The summed E-state index contributed by atoms with van der Waals surface area (Å²) < 4.78 is 26.0. The van der Waals surface area contributed by atoms with Crippen LogP contribution >= 0.6 is 0 Å². The van der Waals surface area contributed by atoms with E-state index in [1.54, 1.807) is 37.3 Å². The topological polar surface area (TPSA) is 104 Å². The zero-order valence-corrected chi connectivity index (χ0v) is 21.7. The van der Waals surface area contributed by atoms with E-state index in [-0.39, 0.29) is 44.0 Å². The van der Waals surface area contributed by atoms with E-state index in [0.29, 0.717) is 12.0 Å². The summed E-state index contributed by atoms with van der Waals surface area (Å²) in [6.45, 7) is 5.73. The standard InChI is InChI=1S/C30H29NO5S/c1-19(2)26-15-8-7-10-21(26)16-22-17-27(29(33)20(3)28(22)32)30(34)31-23-11-9-14-25(18-23)37(35,36)24-12-5-4-6-13-24/h4-15,17-19,32-33H,16H2,1-3H3,(H,31,34). The van der Waals surface area contributed by atoms with Crippen LogP contribution in [0.1, 0.15) is 52.4 Å². The summed E-state index contributed by atoms with van der Waals surface area (Å²) in [5, 5.41) is 24.1. The predicted molar refractivity (Wildman–Crippen MR) is 144 cm³/mol. The van der Waals surface area contributed by atoms with Gasteiger partial charge in [-0.05, 0) is 65.9 Å². The van der Waals surface area contributed by atoms with Crippen LogP contribution in [0.25, 0.3) is 0 Å². The third kappa shape index (κ3) is 5.37. The van der Waals surface area contributed by atoms with Gasteiger partial charge in [0.05, 0.1) is 15.4 Å². The minimum Gasteiger partial charge on any atom is -0.507 e. The number of hydrogen-bond donors (Lipinski definition) is 3. The number of amides is 1. The van der Waals surface area contributed by atoms with Gasteiger partial charge >= 0.3 is 0 Å². The van der Waals surface area contributed by atoms with Gasteiger partial charge in [0.2, 0.25) is 9.84 Å². The number of benzene rings is 4. The molecule has 4 rings (SSSR count). The molecule has 1 amide bonds. The zero-order valence-electron chi connectivity index (χ0n) is 20.9. The first-order valence-corrected chi connectivity index (χ1v) is 13.4. The van der Waals surface area contributed by atoms with E-state index in [2.05, 4.69) is 19.2 Å². The largest absolute Gasteiger partial charge is 0.507 e. The Kier molecular flexibility index (Phi) is 7.36. The third-order valence-corrected chi connectivity index (χ3v) is 8.11. The lowest BCUT2D eigenvalue weighted by atomic mass is 9.91. The molecule has 0 aromatic heterocycles. The summed E-state index contributed by atoms with van der Waals surface area (Å²) in [5.74, 6) is -0.737. The minimum absolute atomic E-state index is 0.0105. The second-order valence-electron chi connectivity index (χ2n) is 9.23. The molecule has 4 aromatic carbocycles. The van der Waals surface area contributed by atoms with Crippen LogP contribution in [-0.4, -0.2) is 24.5 Å². The van der Waals surface area contributed by atoms with Crippen LogP contribution in [0.15, 0.2) is 94.7 Å². The highest BCUT2D eigenvalue weighted by molar-refractivity contribution is 7.91. The Hall–Kier alpha value is -4.10. The number of hydrogen-bond acceptors (Lipinski definition) is 5. The van der Waals surface area contributed by atoms with Gasteiger partial charge in [0.1, 0.15) is 11.5 Å². The molecule has 0 spiro atoms. The Balaban J connectivity index is 1.66. The average molecular weight is 516 g/mol. The Labute approximate surface area is 217 Å². The molecule has 0 aliphatic carbocycles. The molecule has 0 aliphatic heterocycles. The second kappa shape index (κ2) is 10.5. The van der Waals surface area contributed by atoms with Crippen molar-refractivity contribution in [2.24, 2.45) is 0 Å². The van der Waals surface area contributed by atoms with Gasteiger partial charge in [0.15, 0.2) is 0 Å². The van der Waals surface area contributed by atoms with Crippen LogP contribution in [-0.2, 0) is 16.3 Å². The summed E-state index contributed by atoms with van der Waals surface area (Å²) in [6, 6.07) is 23.4. The van der Waals surface area contributed by atoms with Crippen molar-refractivity contribution in [3.8, 4) is 11.5 Å². The fourth-order valence-electron chi connectivity index (χ4n) is 4.31. The summed E-state index contributed by atoms with van der Waals surface area (Å²) in [5.41, 5.74) is 3.11. The number of nitrogens with one attached hydrogen (secondary N) is 1. The molecule has 6 nitrogen and oxygen atoms in total. The van der Waals surface area contributed by atoms with E-state index < -0.39 is 15.7 Å². The molecular formula is C30H29NO5S. The first-order chi connectivity index (χ1) is 17.6. The van der Waals surface area contributed by atoms with E-state index >= 15 is 0 Å². The van der Waals surface area contributed by atoms with Crippen molar-refractivity contribution < 1.29 is 23.4 Å². The number of sulfone groups is 1. The van der Waals surface area contributed by atoms with Gasteiger partial charge in [0, 0.05) is 17.7 Å². The highest BCUT2D eigenvalue weighted by Gasteiger charge is 2.22. The molecule has 3 N–H and O–H groups in total. The van der Waals surface area contributed by atoms with Crippen LogP contribution in [0.4, 0.5) is 5.69 Å². The lowest BCUT2D eigenvalue weighted by Crippen LogP contribution is -2.14. The Morgan fingerprint density at radius 3 is 2.16 bits per heavy atom. The molecule has 0 radical (unpaired) electrons. The number of carbonyl (C=O) groups is 1. The molecule has 0 saturated heterocycles. The number of phenols is 2. The monoisotopic (exact) mass is 515 g/mol. The summed E-state index contributed by atoms with van der Waals surface area (Å²) in [6.07, 6.45) is 0.381. The minimum atomic E-state index is -3.77. The molecule has 190 valence electrons. The van der Waals surface area contributed by atoms with Crippen LogP contribution in [0, 0.1) is 6.92 Å². The summed E-state index contributed by atoms with van der Waals surface area (Å²) in [4.78, 5) is 13.4. The van der Waals surface area contributed by atoms with Crippen molar-refractivity contribution in [2.75, 3.05) is 5.32 Å². The lowest BCUT2D eigenvalue weighted by molar-refractivity contribution is 0.102. The maximum atomic E-state index is 13.2. The maximum absolute atomic E-state index is 13.2. The number of anilines is 1. The Morgan fingerprint density at radius 2 is 1.46 bits per heavy atom. The van der Waals surface area contributed by atoms with Crippen LogP contribution < -0.4 is 5.32 Å². The van der Waals surface area contributed by atoms with Crippen molar-refractivity contribution in [2.45, 2.75) is 42.9 Å². The number of carbonyl (C=O) groups excluding carboxylic acids is 1. The van der Waals surface area contributed by atoms with Crippen LogP contribution in [0.5, 0.6) is 11.5 Å². The molecule has 4 aromatic rings. The van der Waals surface area contributed by atoms with Gasteiger partial charge in [-0.3, -0.25) is 4.79 Å². The fraction of sp³-hybridized carbons (Fsp3) is 0.167. The van der Waals surface area contributed by atoms with Gasteiger partial charge in [-0.2, -0.15) is 0 Å². The van der Waals surface area contributed by atoms with E-state index in [1.165, 1.54) is 30.3 Å². The predicted octanol–water partition coefficient (Wildman–Crippen LogP) is 6.21. The second-order valence-corrected chi connectivity index (χ2v) is 11.2. The van der Waals surface area contributed by atoms with Crippen molar-refractivity contribution in [3.05, 3.63) is 113 Å². The van der Waals surface area contributed by atoms with Crippen molar-refractivity contribution in [1.82, 2.24) is 0 Å². The van der Waals surface area contributed by atoms with Gasteiger partial charge in [0.25, 0.3) is 5.91 Å².